The first-order chi connectivity index (χ1) is 8.58. The first-order valence-electron chi connectivity index (χ1n) is 5.45. The largest absolute Gasteiger partial charge is 0.242 e. The van der Waals surface area contributed by atoms with E-state index in [2.05, 4.69) is 9.97 Å². The molecular formula is C13H12Cl2N2S. The van der Waals surface area contributed by atoms with Crippen molar-refractivity contribution in [3.05, 3.63) is 51.4 Å². The van der Waals surface area contributed by atoms with Crippen molar-refractivity contribution in [2.24, 2.45) is 0 Å². The minimum absolute atomic E-state index is 0.454. The number of aromatic nitrogens is 2. The van der Waals surface area contributed by atoms with Gasteiger partial charge in [-0.2, -0.15) is 0 Å². The molecule has 0 aliphatic rings. The molecule has 0 bridgehead atoms. The molecule has 0 N–H and O–H groups in total. The van der Waals surface area contributed by atoms with Gasteiger partial charge in [-0.3, -0.25) is 0 Å². The Kier molecular flexibility index (Phi) is 4.49. The summed E-state index contributed by atoms with van der Waals surface area (Å²) in [5.74, 6) is 0.733. The summed E-state index contributed by atoms with van der Waals surface area (Å²) in [6, 6.07) is 7.76. The van der Waals surface area contributed by atoms with E-state index in [1.54, 1.807) is 11.8 Å². The van der Waals surface area contributed by atoms with E-state index < -0.39 is 0 Å². The second kappa shape index (κ2) is 5.91. The Bertz CT molecular complexity index is 573. The lowest BCUT2D eigenvalue weighted by atomic mass is 10.2. The third kappa shape index (κ3) is 3.16. The van der Waals surface area contributed by atoms with Crippen LogP contribution in [0, 0.1) is 13.8 Å². The number of halogens is 2. The third-order valence-electron chi connectivity index (χ3n) is 2.56. The highest BCUT2D eigenvalue weighted by molar-refractivity contribution is 7.98. The van der Waals surface area contributed by atoms with Crippen molar-refractivity contribution in [3.8, 4) is 0 Å². The van der Waals surface area contributed by atoms with Crippen LogP contribution in [0.25, 0.3) is 0 Å². The maximum absolute atomic E-state index is 6.10. The Hall–Kier alpha value is -0.770. The van der Waals surface area contributed by atoms with Crippen molar-refractivity contribution < 1.29 is 0 Å². The lowest BCUT2D eigenvalue weighted by molar-refractivity contribution is 0.957. The Morgan fingerprint density at radius 1 is 1.06 bits per heavy atom. The highest BCUT2D eigenvalue weighted by Crippen LogP contribution is 2.29. The van der Waals surface area contributed by atoms with E-state index >= 15 is 0 Å². The molecule has 0 atom stereocenters. The standard InChI is InChI=1S/C13H12Cl2N2S/c1-8-9(2)17-13(12(15)16-8)18-7-10-5-3-4-6-11(10)14/h3-6H,7H2,1-2H3. The monoisotopic (exact) mass is 298 g/mol. The molecule has 0 amide bonds. The minimum atomic E-state index is 0.454. The molecule has 94 valence electrons. The maximum atomic E-state index is 6.10. The van der Waals surface area contributed by atoms with Crippen LogP contribution in [0.3, 0.4) is 0 Å². The zero-order chi connectivity index (χ0) is 13.1. The number of thioether (sulfide) groups is 1. The van der Waals surface area contributed by atoms with Gasteiger partial charge in [0, 0.05) is 10.8 Å². The van der Waals surface area contributed by atoms with Crippen LogP contribution >= 0.6 is 35.0 Å². The quantitative estimate of drug-likeness (QED) is 0.769. The number of rotatable bonds is 3. The van der Waals surface area contributed by atoms with Gasteiger partial charge in [0.05, 0.1) is 11.4 Å². The highest BCUT2D eigenvalue weighted by atomic mass is 35.5. The summed E-state index contributed by atoms with van der Waals surface area (Å²) in [4.78, 5) is 8.70. The van der Waals surface area contributed by atoms with E-state index in [1.807, 2.05) is 38.1 Å². The van der Waals surface area contributed by atoms with E-state index in [0.29, 0.717) is 5.15 Å². The molecule has 0 aliphatic heterocycles. The molecule has 0 fully saturated rings. The van der Waals surface area contributed by atoms with Crippen molar-refractivity contribution in [1.82, 2.24) is 9.97 Å². The topological polar surface area (TPSA) is 25.8 Å². The smallest absolute Gasteiger partial charge is 0.161 e. The zero-order valence-electron chi connectivity index (χ0n) is 10.1. The highest BCUT2D eigenvalue weighted by Gasteiger charge is 2.09. The summed E-state index contributed by atoms with van der Waals surface area (Å²) < 4.78 is 0. The molecule has 2 aromatic rings. The molecule has 0 radical (unpaired) electrons. The third-order valence-corrected chi connectivity index (χ3v) is 4.32. The van der Waals surface area contributed by atoms with Gasteiger partial charge in [-0.05, 0) is 25.5 Å². The Morgan fingerprint density at radius 3 is 2.44 bits per heavy atom. The molecule has 0 saturated carbocycles. The summed E-state index contributed by atoms with van der Waals surface area (Å²) >= 11 is 13.7. The lowest BCUT2D eigenvalue weighted by Crippen LogP contribution is -1.95. The first-order valence-corrected chi connectivity index (χ1v) is 7.19. The molecule has 5 heteroatoms. The van der Waals surface area contributed by atoms with Crippen LogP contribution in [0.5, 0.6) is 0 Å². The normalized spacial score (nSPS) is 10.7. The van der Waals surface area contributed by atoms with Gasteiger partial charge >= 0.3 is 0 Å². The van der Waals surface area contributed by atoms with Crippen molar-refractivity contribution in [1.29, 1.82) is 0 Å². The van der Waals surface area contributed by atoms with Crippen LogP contribution in [0.2, 0.25) is 10.2 Å². The fraction of sp³-hybridized carbons (Fsp3) is 0.231. The van der Waals surface area contributed by atoms with Gasteiger partial charge < -0.3 is 0 Å². The molecule has 0 spiro atoms. The Labute approximate surface area is 121 Å². The summed E-state index contributed by atoms with van der Waals surface area (Å²) in [5.41, 5.74) is 2.84. The molecule has 1 aromatic carbocycles. The second-order valence-corrected chi connectivity index (χ2v) is 5.60. The van der Waals surface area contributed by atoms with Gasteiger partial charge in [-0.25, -0.2) is 9.97 Å². The summed E-state index contributed by atoms with van der Waals surface area (Å²) in [7, 11) is 0. The van der Waals surface area contributed by atoms with Gasteiger partial charge in [0.1, 0.15) is 5.03 Å². The number of hydrogen-bond acceptors (Lipinski definition) is 3. The van der Waals surface area contributed by atoms with Crippen LogP contribution in [0.1, 0.15) is 17.0 Å². The molecule has 0 unspecified atom stereocenters. The fourth-order valence-corrected chi connectivity index (χ4v) is 2.93. The van der Waals surface area contributed by atoms with Crippen molar-refractivity contribution in [2.45, 2.75) is 24.6 Å². The average molecular weight is 299 g/mol. The predicted molar refractivity (Wildman–Crippen MR) is 77.5 cm³/mol. The van der Waals surface area contributed by atoms with Crippen LogP contribution < -0.4 is 0 Å². The second-order valence-electron chi connectivity index (χ2n) is 3.87. The van der Waals surface area contributed by atoms with Crippen molar-refractivity contribution in [2.75, 3.05) is 0 Å². The van der Waals surface area contributed by atoms with Gasteiger partial charge in [0.2, 0.25) is 0 Å². The van der Waals surface area contributed by atoms with E-state index in [9.17, 15) is 0 Å². The van der Waals surface area contributed by atoms with Crippen LogP contribution in [-0.2, 0) is 5.75 Å². The number of aryl methyl sites for hydroxylation is 2. The number of hydrogen-bond donors (Lipinski definition) is 0. The molecule has 2 rings (SSSR count). The van der Waals surface area contributed by atoms with Gasteiger partial charge in [0.25, 0.3) is 0 Å². The molecule has 1 aromatic heterocycles. The van der Waals surface area contributed by atoms with Gasteiger partial charge in [-0.15, -0.1) is 0 Å². The lowest BCUT2D eigenvalue weighted by Gasteiger charge is -2.07. The van der Waals surface area contributed by atoms with E-state index in [1.165, 1.54) is 0 Å². The van der Waals surface area contributed by atoms with E-state index in [4.69, 9.17) is 23.2 Å². The van der Waals surface area contributed by atoms with Crippen LogP contribution in [0.15, 0.2) is 29.3 Å². The number of nitrogens with zero attached hydrogens (tertiary/aromatic N) is 2. The summed E-state index contributed by atoms with van der Waals surface area (Å²) in [6.45, 7) is 3.83. The molecule has 0 saturated heterocycles. The molecule has 18 heavy (non-hydrogen) atoms. The summed E-state index contributed by atoms with van der Waals surface area (Å²) in [5, 5.41) is 1.97. The SMILES string of the molecule is Cc1nc(Cl)c(SCc2ccccc2Cl)nc1C. The van der Waals surface area contributed by atoms with Crippen LogP contribution in [-0.4, -0.2) is 9.97 Å². The molecular weight excluding hydrogens is 287 g/mol. The predicted octanol–water partition coefficient (Wildman–Crippen LogP) is 4.69. The van der Waals surface area contributed by atoms with E-state index in [0.717, 1.165) is 32.8 Å². The van der Waals surface area contributed by atoms with E-state index in [-0.39, 0.29) is 0 Å². The van der Waals surface area contributed by atoms with Crippen LogP contribution in [0.4, 0.5) is 0 Å². The molecule has 0 aliphatic carbocycles. The van der Waals surface area contributed by atoms with Crippen molar-refractivity contribution >= 4 is 35.0 Å². The summed E-state index contributed by atoms with van der Waals surface area (Å²) in [6.07, 6.45) is 0. The molecule has 1 heterocycles. The molecule has 2 nitrogen and oxygen atoms in total. The zero-order valence-corrected chi connectivity index (χ0v) is 12.4. The maximum Gasteiger partial charge on any atom is 0.161 e. The Morgan fingerprint density at radius 2 is 1.72 bits per heavy atom. The fourth-order valence-electron chi connectivity index (χ4n) is 1.41. The minimum Gasteiger partial charge on any atom is -0.242 e. The first kappa shape index (κ1) is 13.7. The average Bonchev–Trinajstić information content (AvgIpc) is 2.34. The number of benzene rings is 1. The Balaban J connectivity index is 2.16. The van der Waals surface area contributed by atoms with Gasteiger partial charge in [0.15, 0.2) is 5.15 Å². The van der Waals surface area contributed by atoms with Crippen molar-refractivity contribution in [3.63, 3.8) is 0 Å². The van der Waals surface area contributed by atoms with Gasteiger partial charge in [-0.1, -0.05) is 53.2 Å².